The van der Waals surface area contributed by atoms with Gasteiger partial charge in [-0.15, -0.1) is 11.8 Å². The standard InChI is InChI=1S/C21H21NO2S2/c23-21(22-12-14-25-16-18-9-6-13-24-18)19-10-4-5-11-20(19)26-15-17-7-2-1-3-8-17/h1-11,13H,12,14-16H2,(H,22,23). The van der Waals surface area contributed by atoms with Crippen LogP contribution in [0, 0.1) is 0 Å². The summed E-state index contributed by atoms with van der Waals surface area (Å²) in [6.45, 7) is 0.641. The van der Waals surface area contributed by atoms with E-state index < -0.39 is 0 Å². The summed E-state index contributed by atoms with van der Waals surface area (Å²) in [4.78, 5) is 13.5. The number of carbonyl (C=O) groups excluding carboxylic acids is 1. The number of carbonyl (C=O) groups is 1. The lowest BCUT2D eigenvalue weighted by molar-refractivity contribution is 0.0953. The van der Waals surface area contributed by atoms with Gasteiger partial charge in [-0.2, -0.15) is 11.8 Å². The van der Waals surface area contributed by atoms with Crippen molar-refractivity contribution in [1.29, 1.82) is 0 Å². The molecular formula is C21H21NO2S2. The molecule has 0 unspecified atom stereocenters. The minimum absolute atomic E-state index is 0.0141. The van der Waals surface area contributed by atoms with E-state index in [-0.39, 0.29) is 5.91 Å². The first-order chi connectivity index (χ1) is 12.8. The fraction of sp³-hybridized carbons (Fsp3) is 0.190. The van der Waals surface area contributed by atoms with Gasteiger partial charge in [-0.25, -0.2) is 0 Å². The number of nitrogens with one attached hydrogen (secondary N) is 1. The summed E-state index contributed by atoms with van der Waals surface area (Å²) in [6.07, 6.45) is 1.68. The van der Waals surface area contributed by atoms with E-state index in [1.807, 2.05) is 54.6 Å². The van der Waals surface area contributed by atoms with Gasteiger partial charge < -0.3 is 9.73 Å². The van der Waals surface area contributed by atoms with E-state index in [2.05, 4.69) is 17.4 Å². The number of rotatable bonds is 9. The van der Waals surface area contributed by atoms with Crippen LogP contribution in [-0.2, 0) is 11.5 Å². The van der Waals surface area contributed by atoms with E-state index in [4.69, 9.17) is 4.42 Å². The molecule has 1 N–H and O–H groups in total. The number of thioether (sulfide) groups is 2. The highest BCUT2D eigenvalue weighted by molar-refractivity contribution is 7.98. The van der Waals surface area contributed by atoms with Crippen molar-refractivity contribution < 1.29 is 9.21 Å². The molecule has 0 spiro atoms. The van der Waals surface area contributed by atoms with E-state index in [0.717, 1.165) is 33.5 Å². The monoisotopic (exact) mass is 383 g/mol. The fourth-order valence-electron chi connectivity index (χ4n) is 2.41. The van der Waals surface area contributed by atoms with Gasteiger partial charge in [0.05, 0.1) is 17.6 Å². The van der Waals surface area contributed by atoms with E-state index in [9.17, 15) is 4.79 Å². The van der Waals surface area contributed by atoms with E-state index in [1.54, 1.807) is 29.8 Å². The van der Waals surface area contributed by atoms with Crippen LogP contribution in [0.5, 0.6) is 0 Å². The van der Waals surface area contributed by atoms with Crippen LogP contribution < -0.4 is 5.32 Å². The maximum absolute atomic E-state index is 12.5. The van der Waals surface area contributed by atoms with Gasteiger partial charge >= 0.3 is 0 Å². The van der Waals surface area contributed by atoms with Gasteiger partial charge in [0.2, 0.25) is 0 Å². The van der Waals surface area contributed by atoms with Crippen molar-refractivity contribution in [2.45, 2.75) is 16.4 Å². The molecule has 134 valence electrons. The second kappa shape index (κ2) is 10.1. The maximum Gasteiger partial charge on any atom is 0.252 e. The highest BCUT2D eigenvalue weighted by Crippen LogP contribution is 2.26. The summed E-state index contributed by atoms with van der Waals surface area (Å²) < 4.78 is 5.30. The molecule has 5 heteroatoms. The van der Waals surface area contributed by atoms with Gasteiger partial charge in [-0.05, 0) is 29.8 Å². The fourth-order valence-corrected chi connectivity index (χ4v) is 4.18. The van der Waals surface area contributed by atoms with E-state index in [0.29, 0.717) is 6.54 Å². The number of hydrogen-bond acceptors (Lipinski definition) is 4. The van der Waals surface area contributed by atoms with Crippen LogP contribution in [0.25, 0.3) is 0 Å². The molecule has 0 fully saturated rings. The smallest absolute Gasteiger partial charge is 0.252 e. The van der Waals surface area contributed by atoms with Crippen LogP contribution >= 0.6 is 23.5 Å². The summed E-state index contributed by atoms with van der Waals surface area (Å²) in [7, 11) is 0. The third-order valence-electron chi connectivity index (χ3n) is 3.73. The molecule has 3 aromatic rings. The maximum atomic E-state index is 12.5. The first kappa shape index (κ1) is 18.7. The molecule has 0 aliphatic rings. The molecule has 1 aromatic heterocycles. The molecule has 0 bridgehead atoms. The zero-order chi connectivity index (χ0) is 18.0. The van der Waals surface area contributed by atoms with Gasteiger partial charge in [0, 0.05) is 22.9 Å². The SMILES string of the molecule is O=C(NCCSCc1ccco1)c1ccccc1SCc1ccccc1. The Hall–Kier alpha value is -2.11. The van der Waals surface area contributed by atoms with Gasteiger partial charge in [0.15, 0.2) is 0 Å². The highest BCUT2D eigenvalue weighted by atomic mass is 32.2. The van der Waals surface area contributed by atoms with Crippen molar-refractivity contribution in [3.63, 3.8) is 0 Å². The van der Waals surface area contributed by atoms with Gasteiger partial charge in [0.1, 0.15) is 5.76 Å². The average Bonchev–Trinajstić information content (AvgIpc) is 3.20. The van der Waals surface area contributed by atoms with Gasteiger partial charge in [-0.1, -0.05) is 42.5 Å². The van der Waals surface area contributed by atoms with Crippen LogP contribution in [0.1, 0.15) is 21.7 Å². The zero-order valence-corrected chi connectivity index (χ0v) is 16.0. The summed E-state index contributed by atoms with van der Waals surface area (Å²) in [5, 5.41) is 3.01. The molecule has 1 amide bonds. The van der Waals surface area contributed by atoms with Gasteiger partial charge in [0.25, 0.3) is 5.91 Å². The number of hydrogen-bond donors (Lipinski definition) is 1. The molecule has 0 aliphatic heterocycles. The Morgan fingerprint density at radius 2 is 1.73 bits per heavy atom. The molecule has 0 aliphatic carbocycles. The molecule has 26 heavy (non-hydrogen) atoms. The second-order valence-corrected chi connectivity index (χ2v) is 7.78. The average molecular weight is 384 g/mol. The molecule has 2 aromatic carbocycles. The molecule has 0 saturated heterocycles. The Balaban J connectivity index is 1.47. The molecule has 3 nitrogen and oxygen atoms in total. The summed E-state index contributed by atoms with van der Waals surface area (Å²) in [5.74, 6) is 3.48. The van der Waals surface area contributed by atoms with E-state index >= 15 is 0 Å². The molecule has 0 atom stereocenters. The number of furan rings is 1. The van der Waals surface area contributed by atoms with Crippen molar-refractivity contribution in [1.82, 2.24) is 5.32 Å². The Morgan fingerprint density at radius 3 is 2.54 bits per heavy atom. The molecule has 0 radical (unpaired) electrons. The predicted octanol–water partition coefficient (Wildman–Crippen LogP) is 5.24. The Labute approximate surface area is 162 Å². The predicted molar refractivity (Wildman–Crippen MR) is 110 cm³/mol. The number of benzene rings is 2. The Morgan fingerprint density at radius 1 is 0.923 bits per heavy atom. The van der Waals surface area contributed by atoms with Crippen LogP contribution in [0.3, 0.4) is 0 Å². The first-order valence-electron chi connectivity index (χ1n) is 8.47. The zero-order valence-electron chi connectivity index (χ0n) is 14.4. The molecule has 3 rings (SSSR count). The van der Waals surface area contributed by atoms with Crippen LogP contribution in [0.4, 0.5) is 0 Å². The van der Waals surface area contributed by atoms with Crippen LogP contribution in [-0.4, -0.2) is 18.2 Å². The quantitative estimate of drug-likeness (QED) is 0.405. The normalized spacial score (nSPS) is 10.6. The molecule has 1 heterocycles. The second-order valence-electron chi connectivity index (χ2n) is 5.66. The summed E-state index contributed by atoms with van der Waals surface area (Å²) in [6, 6.07) is 21.9. The van der Waals surface area contributed by atoms with Gasteiger partial charge in [-0.3, -0.25) is 4.79 Å². The van der Waals surface area contributed by atoms with E-state index in [1.165, 1.54) is 5.56 Å². The summed E-state index contributed by atoms with van der Waals surface area (Å²) in [5.41, 5.74) is 1.99. The van der Waals surface area contributed by atoms with Crippen molar-refractivity contribution in [3.8, 4) is 0 Å². The minimum atomic E-state index is -0.0141. The lowest BCUT2D eigenvalue weighted by Crippen LogP contribution is -2.26. The molecular weight excluding hydrogens is 362 g/mol. The topological polar surface area (TPSA) is 42.2 Å². The highest BCUT2D eigenvalue weighted by Gasteiger charge is 2.11. The van der Waals surface area contributed by atoms with Crippen molar-refractivity contribution in [3.05, 3.63) is 89.9 Å². The van der Waals surface area contributed by atoms with Crippen molar-refractivity contribution in [2.24, 2.45) is 0 Å². The Kier molecular flexibility index (Phi) is 7.28. The third-order valence-corrected chi connectivity index (χ3v) is 5.85. The van der Waals surface area contributed by atoms with Crippen molar-refractivity contribution >= 4 is 29.4 Å². The lowest BCUT2D eigenvalue weighted by Gasteiger charge is -2.10. The minimum Gasteiger partial charge on any atom is -0.468 e. The van der Waals surface area contributed by atoms with Crippen molar-refractivity contribution in [2.75, 3.05) is 12.3 Å². The Bertz CT molecular complexity index is 804. The number of amides is 1. The third kappa shape index (κ3) is 5.71. The van der Waals surface area contributed by atoms with Crippen LogP contribution in [0.2, 0.25) is 0 Å². The first-order valence-corrected chi connectivity index (χ1v) is 10.6. The lowest BCUT2D eigenvalue weighted by atomic mass is 10.2. The van der Waals surface area contributed by atoms with Crippen LogP contribution in [0.15, 0.2) is 82.3 Å². The summed E-state index contributed by atoms with van der Waals surface area (Å²) >= 11 is 3.44. The largest absolute Gasteiger partial charge is 0.468 e. The molecule has 0 saturated carbocycles.